The molecule has 0 aliphatic carbocycles. The van der Waals surface area contributed by atoms with Gasteiger partial charge in [-0.3, -0.25) is 4.98 Å². The number of rotatable bonds is 3. The first-order chi connectivity index (χ1) is 9.22. The number of nitrogens with one attached hydrogen (secondary N) is 1. The first-order valence-electron chi connectivity index (χ1n) is 6.07. The van der Waals surface area contributed by atoms with Gasteiger partial charge in [-0.15, -0.1) is 11.3 Å². The molecule has 96 valence electrons. The van der Waals surface area contributed by atoms with Crippen molar-refractivity contribution in [2.45, 2.75) is 13.0 Å². The summed E-state index contributed by atoms with van der Waals surface area (Å²) in [5.74, 6) is 0. The van der Waals surface area contributed by atoms with Gasteiger partial charge in [-0.25, -0.2) is 0 Å². The second kappa shape index (κ2) is 5.19. The highest BCUT2D eigenvalue weighted by Crippen LogP contribution is 2.27. The normalized spacial score (nSPS) is 12.5. The Morgan fingerprint density at radius 3 is 2.89 bits per heavy atom. The van der Waals surface area contributed by atoms with Crippen LogP contribution >= 0.6 is 22.9 Å². The number of nitrogens with zero attached hydrogens (tertiary/aromatic N) is 1. The number of fused-ring (bicyclic) bond motifs is 1. The van der Waals surface area contributed by atoms with E-state index < -0.39 is 0 Å². The molecule has 19 heavy (non-hydrogen) atoms. The van der Waals surface area contributed by atoms with E-state index in [1.807, 2.05) is 30.5 Å². The van der Waals surface area contributed by atoms with Gasteiger partial charge in [0, 0.05) is 11.4 Å². The van der Waals surface area contributed by atoms with Crippen LogP contribution in [0, 0.1) is 0 Å². The number of pyridine rings is 1. The molecule has 0 saturated heterocycles. The van der Waals surface area contributed by atoms with Crippen molar-refractivity contribution in [3.05, 3.63) is 57.9 Å². The SMILES string of the molecule is CC(Nc1cnc2ccccc2c1)c1csc(Cl)c1. The Balaban J connectivity index is 1.84. The fourth-order valence-electron chi connectivity index (χ4n) is 2.03. The quantitative estimate of drug-likeness (QED) is 0.723. The minimum Gasteiger partial charge on any atom is -0.377 e. The van der Waals surface area contributed by atoms with E-state index in [9.17, 15) is 0 Å². The molecular weight excluding hydrogens is 276 g/mol. The molecule has 0 spiro atoms. The number of para-hydroxylation sites is 1. The van der Waals surface area contributed by atoms with Crippen molar-refractivity contribution in [3.8, 4) is 0 Å². The summed E-state index contributed by atoms with van der Waals surface area (Å²) in [5, 5.41) is 6.67. The smallest absolute Gasteiger partial charge is 0.0931 e. The molecule has 3 rings (SSSR count). The average Bonchev–Trinajstić information content (AvgIpc) is 2.85. The first kappa shape index (κ1) is 12.5. The number of anilines is 1. The molecule has 2 heterocycles. The van der Waals surface area contributed by atoms with Crippen molar-refractivity contribution in [1.29, 1.82) is 0 Å². The Labute approximate surface area is 121 Å². The third-order valence-corrected chi connectivity index (χ3v) is 4.17. The van der Waals surface area contributed by atoms with E-state index in [0.717, 1.165) is 20.9 Å². The standard InChI is InChI=1S/C15H13ClN2S/c1-10(12-7-15(16)19-9-12)18-13-6-11-4-2-3-5-14(11)17-8-13/h2-10,18H,1H3. The van der Waals surface area contributed by atoms with Crippen LogP contribution in [-0.4, -0.2) is 4.98 Å². The lowest BCUT2D eigenvalue weighted by Crippen LogP contribution is -2.05. The van der Waals surface area contributed by atoms with Gasteiger partial charge in [-0.1, -0.05) is 29.8 Å². The molecule has 1 atom stereocenters. The molecule has 1 unspecified atom stereocenters. The van der Waals surface area contributed by atoms with Gasteiger partial charge in [-0.2, -0.15) is 0 Å². The summed E-state index contributed by atoms with van der Waals surface area (Å²) < 4.78 is 0.820. The van der Waals surface area contributed by atoms with Gasteiger partial charge in [0.15, 0.2) is 0 Å². The number of hydrogen-bond acceptors (Lipinski definition) is 3. The zero-order valence-corrected chi connectivity index (χ0v) is 12.0. The number of benzene rings is 1. The van der Waals surface area contributed by atoms with E-state index >= 15 is 0 Å². The van der Waals surface area contributed by atoms with Crippen LogP contribution in [0.5, 0.6) is 0 Å². The number of thiophene rings is 1. The monoisotopic (exact) mass is 288 g/mol. The molecule has 1 aromatic carbocycles. The van der Waals surface area contributed by atoms with Crippen molar-refractivity contribution in [1.82, 2.24) is 4.98 Å². The highest BCUT2D eigenvalue weighted by molar-refractivity contribution is 7.14. The van der Waals surface area contributed by atoms with Gasteiger partial charge in [-0.05, 0) is 36.1 Å². The zero-order chi connectivity index (χ0) is 13.2. The van der Waals surface area contributed by atoms with Crippen molar-refractivity contribution in [3.63, 3.8) is 0 Å². The molecule has 0 radical (unpaired) electrons. The lowest BCUT2D eigenvalue weighted by atomic mass is 10.1. The van der Waals surface area contributed by atoms with Gasteiger partial charge in [0.05, 0.1) is 21.7 Å². The maximum absolute atomic E-state index is 5.96. The maximum atomic E-state index is 5.96. The lowest BCUT2D eigenvalue weighted by Gasteiger charge is -2.14. The molecule has 4 heteroatoms. The van der Waals surface area contributed by atoms with E-state index in [0.29, 0.717) is 0 Å². The van der Waals surface area contributed by atoms with E-state index in [2.05, 4.69) is 34.7 Å². The van der Waals surface area contributed by atoms with Crippen molar-refractivity contribution in [2.75, 3.05) is 5.32 Å². The molecular formula is C15H13ClN2S. The zero-order valence-electron chi connectivity index (χ0n) is 10.4. The van der Waals surface area contributed by atoms with E-state index in [-0.39, 0.29) is 6.04 Å². The topological polar surface area (TPSA) is 24.9 Å². The van der Waals surface area contributed by atoms with Gasteiger partial charge >= 0.3 is 0 Å². The minimum atomic E-state index is 0.215. The van der Waals surface area contributed by atoms with E-state index in [4.69, 9.17) is 11.6 Å². The van der Waals surface area contributed by atoms with Gasteiger partial charge in [0.2, 0.25) is 0 Å². The number of aromatic nitrogens is 1. The summed E-state index contributed by atoms with van der Waals surface area (Å²) in [6, 6.07) is 12.4. The van der Waals surface area contributed by atoms with Crippen molar-refractivity contribution < 1.29 is 0 Å². The molecule has 0 saturated carbocycles. The molecule has 2 aromatic heterocycles. The summed E-state index contributed by atoms with van der Waals surface area (Å²) in [4.78, 5) is 4.45. The Morgan fingerprint density at radius 2 is 2.11 bits per heavy atom. The van der Waals surface area contributed by atoms with Crippen LogP contribution in [0.15, 0.2) is 48.0 Å². The third kappa shape index (κ3) is 2.72. The maximum Gasteiger partial charge on any atom is 0.0931 e. The average molecular weight is 289 g/mol. The predicted molar refractivity (Wildman–Crippen MR) is 83.1 cm³/mol. The number of hydrogen-bond donors (Lipinski definition) is 1. The van der Waals surface area contributed by atoms with Crippen LogP contribution in [0.3, 0.4) is 0 Å². The second-order valence-corrected chi connectivity index (χ2v) is 6.01. The molecule has 0 aliphatic rings. The second-order valence-electron chi connectivity index (χ2n) is 4.47. The summed E-state index contributed by atoms with van der Waals surface area (Å²) in [7, 11) is 0. The summed E-state index contributed by atoms with van der Waals surface area (Å²) in [6.07, 6.45) is 1.87. The van der Waals surface area contributed by atoms with Gasteiger partial charge in [0.25, 0.3) is 0 Å². The highest BCUT2D eigenvalue weighted by Gasteiger charge is 2.08. The van der Waals surface area contributed by atoms with Gasteiger partial charge in [0.1, 0.15) is 0 Å². The van der Waals surface area contributed by atoms with Crippen molar-refractivity contribution in [2.24, 2.45) is 0 Å². The predicted octanol–water partition coefficient (Wildman–Crippen LogP) is 5.12. The summed E-state index contributed by atoms with van der Waals surface area (Å²) in [5.41, 5.74) is 3.23. The molecule has 0 aliphatic heterocycles. The molecule has 1 N–H and O–H groups in total. The van der Waals surface area contributed by atoms with Crippen LogP contribution in [0.1, 0.15) is 18.5 Å². The number of halogens is 1. The Bertz CT molecular complexity index is 708. The molecule has 3 aromatic rings. The van der Waals surface area contributed by atoms with Crippen molar-refractivity contribution >= 4 is 39.5 Å². The van der Waals surface area contributed by atoms with Crippen LogP contribution in [0.25, 0.3) is 10.9 Å². The third-order valence-electron chi connectivity index (χ3n) is 3.06. The van der Waals surface area contributed by atoms with E-state index in [1.54, 1.807) is 11.3 Å². The summed E-state index contributed by atoms with van der Waals surface area (Å²) >= 11 is 7.52. The molecule has 0 bridgehead atoms. The van der Waals surface area contributed by atoms with Crippen LogP contribution in [-0.2, 0) is 0 Å². The van der Waals surface area contributed by atoms with E-state index in [1.165, 1.54) is 5.56 Å². The molecule has 0 fully saturated rings. The molecule has 2 nitrogen and oxygen atoms in total. The minimum absolute atomic E-state index is 0.215. The fraction of sp³-hybridized carbons (Fsp3) is 0.133. The van der Waals surface area contributed by atoms with Crippen LogP contribution in [0.2, 0.25) is 4.34 Å². The largest absolute Gasteiger partial charge is 0.377 e. The van der Waals surface area contributed by atoms with Crippen LogP contribution in [0.4, 0.5) is 5.69 Å². The van der Waals surface area contributed by atoms with Crippen LogP contribution < -0.4 is 5.32 Å². The fourth-order valence-corrected chi connectivity index (χ4v) is 3.02. The Hall–Kier alpha value is -1.58. The highest BCUT2D eigenvalue weighted by atomic mass is 35.5. The Morgan fingerprint density at radius 1 is 1.26 bits per heavy atom. The summed E-state index contributed by atoms with van der Waals surface area (Å²) in [6.45, 7) is 2.12. The lowest BCUT2D eigenvalue weighted by molar-refractivity contribution is 0.889. The van der Waals surface area contributed by atoms with Gasteiger partial charge < -0.3 is 5.32 Å². The molecule has 0 amide bonds. The Kier molecular flexibility index (Phi) is 3.40. The first-order valence-corrected chi connectivity index (χ1v) is 7.33.